The van der Waals surface area contributed by atoms with Crippen molar-refractivity contribution in [3.63, 3.8) is 0 Å². The van der Waals surface area contributed by atoms with Crippen molar-refractivity contribution in [1.82, 2.24) is 19.6 Å². The van der Waals surface area contributed by atoms with E-state index in [1.165, 1.54) is 47.9 Å². The van der Waals surface area contributed by atoms with E-state index in [0.29, 0.717) is 42.0 Å². The second-order valence-electron chi connectivity index (χ2n) is 14.1. The normalized spacial score (nSPS) is 26.8. The highest BCUT2D eigenvalue weighted by molar-refractivity contribution is 5.70. The number of carbonyl (C=O) groups excluding carboxylic acids is 2. The van der Waals surface area contributed by atoms with E-state index in [-0.39, 0.29) is 7.43 Å². The Morgan fingerprint density at radius 2 is 1.09 bits per heavy atom. The molecular formula is C33H50N4O6. The van der Waals surface area contributed by atoms with Crippen LogP contribution in [-0.4, -0.2) is 56.2 Å². The molecule has 0 aromatic carbocycles. The maximum Gasteiger partial charge on any atom is 0.435 e. The third-order valence-corrected chi connectivity index (χ3v) is 8.70. The first-order chi connectivity index (χ1) is 19.8. The minimum Gasteiger partial charge on any atom is -0.476 e. The van der Waals surface area contributed by atoms with Gasteiger partial charge >= 0.3 is 12.2 Å². The molecule has 0 aliphatic heterocycles. The van der Waals surface area contributed by atoms with Crippen molar-refractivity contribution in [2.24, 2.45) is 35.5 Å². The molecule has 2 heterocycles. The largest absolute Gasteiger partial charge is 0.476 e. The number of carbonyl (C=O) groups is 2. The van der Waals surface area contributed by atoms with Crippen LogP contribution in [0.25, 0.3) is 0 Å². The van der Waals surface area contributed by atoms with Gasteiger partial charge in [0.25, 0.3) is 0 Å². The molecule has 0 saturated heterocycles. The molecule has 10 nitrogen and oxygen atoms in total. The number of hydrogen-bond donors (Lipinski definition) is 0. The van der Waals surface area contributed by atoms with E-state index < -0.39 is 23.4 Å². The fourth-order valence-electron chi connectivity index (χ4n) is 6.75. The molecule has 0 N–H and O–H groups in total. The van der Waals surface area contributed by atoms with Crippen molar-refractivity contribution in [3.8, 4) is 11.8 Å². The van der Waals surface area contributed by atoms with Crippen LogP contribution in [-0.2, 0) is 9.47 Å². The van der Waals surface area contributed by atoms with Crippen molar-refractivity contribution in [3.05, 3.63) is 36.7 Å². The number of rotatable bonds is 6. The number of allylic oxidation sites excluding steroid dienone is 2. The van der Waals surface area contributed by atoms with Crippen molar-refractivity contribution >= 4 is 12.2 Å². The number of fused-ring (bicyclic) bond motifs is 4. The van der Waals surface area contributed by atoms with Crippen molar-refractivity contribution in [2.75, 3.05) is 13.2 Å². The molecule has 3 fully saturated rings. The third-order valence-electron chi connectivity index (χ3n) is 8.70. The van der Waals surface area contributed by atoms with Gasteiger partial charge < -0.3 is 18.9 Å². The summed E-state index contributed by atoms with van der Waals surface area (Å²) in [5.41, 5.74) is -1.05. The van der Waals surface area contributed by atoms with Gasteiger partial charge in [-0.25, -0.2) is 9.59 Å². The monoisotopic (exact) mass is 598 g/mol. The summed E-state index contributed by atoms with van der Waals surface area (Å²) in [6.45, 7) is 12.4. The van der Waals surface area contributed by atoms with E-state index in [4.69, 9.17) is 18.9 Å². The Morgan fingerprint density at radius 3 is 1.47 bits per heavy atom. The fourth-order valence-corrected chi connectivity index (χ4v) is 6.75. The molecule has 4 aliphatic carbocycles. The molecule has 2 aromatic rings. The quantitative estimate of drug-likeness (QED) is 0.317. The van der Waals surface area contributed by atoms with Gasteiger partial charge in [0, 0.05) is 30.4 Å². The van der Waals surface area contributed by atoms with Gasteiger partial charge in [-0.3, -0.25) is 0 Å². The summed E-state index contributed by atoms with van der Waals surface area (Å²) in [5, 5.41) is 8.27. The molecular weight excluding hydrogens is 548 g/mol. The predicted molar refractivity (Wildman–Crippen MR) is 163 cm³/mol. The molecule has 4 aliphatic rings. The first kappa shape index (κ1) is 32.6. The molecule has 0 spiro atoms. The van der Waals surface area contributed by atoms with E-state index in [2.05, 4.69) is 22.3 Å². The van der Waals surface area contributed by atoms with Gasteiger partial charge in [-0.1, -0.05) is 19.6 Å². The molecule has 2 unspecified atom stereocenters. The molecule has 2 aromatic heterocycles. The van der Waals surface area contributed by atoms with Crippen LogP contribution in [0.15, 0.2) is 36.7 Å². The van der Waals surface area contributed by atoms with Gasteiger partial charge in [-0.15, -0.1) is 10.2 Å². The molecule has 6 rings (SSSR count). The number of ether oxygens (including phenoxy) is 4. The lowest BCUT2D eigenvalue weighted by atomic mass is 9.98. The molecule has 4 bridgehead atoms. The maximum atomic E-state index is 11.9. The van der Waals surface area contributed by atoms with Crippen LogP contribution in [0.5, 0.6) is 11.8 Å². The van der Waals surface area contributed by atoms with Gasteiger partial charge in [0.2, 0.25) is 11.8 Å². The average Bonchev–Trinajstić information content (AvgIpc) is 3.75. The second kappa shape index (κ2) is 13.1. The standard InChI is InChI=1S/C16H24N2O3.C16H22N2O3.CH4/c2*1-16(2,3)21-15(19)18-9-8-14(17-18)20-10-13-11-4-5-12(13)7-6-11;/h8-9,11-13H,4-7,10H2,1-3H3;4-5,8-9,11-13H,6-7,10H2,1-3H3;1H4. The summed E-state index contributed by atoms with van der Waals surface area (Å²) in [7, 11) is 0. The number of aromatic nitrogens is 4. The summed E-state index contributed by atoms with van der Waals surface area (Å²) in [5.74, 6) is 5.21. The van der Waals surface area contributed by atoms with Crippen LogP contribution in [0.1, 0.15) is 87.5 Å². The minimum atomic E-state index is -0.529. The zero-order valence-electron chi connectivity index (χ0n) is 25.8. The second-order valence-corrected chi connectivity index (χ2v) is 14.1. The summed E-state index contributed by atoms with van der Waals surface area (Å²) >= 11 is 0. The van der Waals surface area contributed by atoms with Gasteiger partial charge in [0.1, 0.15) is 11.2 Å². The van der Waals surface area contributed by atoms with Crippen LogP contribution in [0.2, 0.25) is 0 Å². The van der Waals surface area contributed by atoms with E-state index in [1.807, 2.05) is 41.5 Å². The molecule has 238 valence electrons. The predicted octanol–water partition coefficient (Wildman–Crippen LogP) is 7.37. The van der Waals surface area contributed by atoms with E-state index in [9.17, 15) is 9.59 Å². The zero-order valence-corrected chi connectivity index (χ0v) is 25.8. The van der Waals surface area contributed by atoms with Crippen molar-refractivity contribution < 1.29 is 28.5 Å². The average molecular weight is 599 g/mol. The van der Waals surface area contributed by atoms with Crippen LogP contribution in [0.3, 0.4) is 0 Å². The highest BCUT2D eigenvalue weighted by atomic mass is 16.6. The summed E-state index contributed by atoms with van der Waals surface area (Å²) < 4.78 is 24.4. The lowest BCUT2D eigenvalue weighted by molar-refractivity contribution is 0.0500. The third kappa shape index (κ3) is 8.42. The first-order valence-electron chi connectivity index (χ1n) is 15.4. The minimum absolute atomic E-state index is 0. The SMILES string of the molecule is C.CC(C)(C)OC(=O)n1ccc(OCC2C3C=CC2CC3)n1.CC(C)(C)OC(=O)n1ccc(OCC2C3CCC2CC3)n1. The summed E-state index contributed by atoms with van der Waals surface area (Å²) in [6, 6.07) is 3.43. The summed E-state index contributed by atoms with van der Waals surface area (Å²) in [4.78, 5) is 23.7. The highest BCUT2D eigenvalue weighted by Crippen LogP contribution is 2.49. The molecule has 43 heavy (non-hydrogen) atoms. The zero-order chi connectivity index (χ0) is 30.1. The Bertz CT molecular complexity index is 1170. The van der Waals surface area contributed by atoms with Crippen molar-refractivity contribution in [2.45, 2.75) is 98.7 Å². The number of nitrogens with zero attached hydrogens (tertiary/aromatic N) is 4. The molecule has 2 atom stereocenters. The highest BCUT2D eigenvalue weighted by Gasteiger charge is 2.42. The Labute approximate surface area is 256 Å². The molecule has 10 heteroatoms. The van der Waals surface area contributed by atoms with Crippen LogP contribution >= 0.6 is 0 Å². The van der Waals surface area contributed by atoms with Crippen molar-refractivity contribution in [1.29, 1.82) is 0 Å². The Hall–Kier alpha value is -3.30. The van der Waals surface area contributed by atoms with E-state index in [1.54, 1.807) is 24.5 Å². The molecule has 3 saturated carbocycles. The van der Waals surface area contributed by atoms with Crippen LogP contribution < -0.4 is 9.47 Å². The van der Waals surface area contributed by atoms with Gasteiger partial charge in [0.15, 0.2) is 0 Å². The topological polar surface area (TPSA) is 107 Å². The lowest BCUT2D eigenvalue weighted by Crippen LogP contribution is -2.27. The van der Waals surface area contributed by atoms with Crippen LogP contribution in [0, 0.1) is 35.5 Å². The summed E-state index contributed by atoms with van der Waals surface area (Å²) in [6.07, 6.45) is 14.8. The smallest absolute Gasteiger partial charge is 0.435 e. The van der Waals surface area contributed by atoms with Gasteiger partial charge in [0.05, 0.1) is 13.2 Å². The Kier molecular flexibility index (Phi) is 9.96. The van der Waals surface area contributed by atoms with Crippen LogP contribution in [0.4, 0.5) is 9.59 Å². The van der Waals surface area contributed by atoms with Gasteiger partial charge in [-0.05, 0) is 110 Å². The number of hydrogen-bond acceptors (Lipinski definition) is 8. The van der Waals surface area contributed by atoms with E-state index in [0.717, 1.165) is 18.4 Å². The Balaban J connectivity index is 0.000000192. The fraction of sp³-hybridized carbons (Fsp3) is 0.697. The van der Waals surface area contributed by atoms with Gasteiger partial charge in [-0.2, -0.15) is 9.36 Å². The molecule has 0 amide bonds. The van der Waals surface area contributed by atoms with E-state index >= 15 is 0 Å². The lowest BCUT2D eigenvalue weighted by Gasteiger charge is -2.18. The first-order valence-corrected chi connectivity index (χ1v) is 15.4. The molecule has 0 radical (unpaired) electrons. The maximum absolute atomic E-state index is 11.9. The Morgan fingerprint density at radius 1 is 0.698 bits per heavy atom.